The lowest BCUT2D eigenvalue weighted by atomic mass is 10.2. The zero-order valence-corrected chi connectivity index (χ0v) is 7.98. The molecule has 0 aliphatic rings. The predicted molar refractivity (Wildman–Crippen MR) is 46.8 cm³/mol. The van der Waals surface area contributed by atoms with Gasteiger partial charge in [-0.2, -0.15) is 5.26 Å². The molecular weight excluding hydrogens is 207 g/mol. The first-order valence-electron chi connectivity index (χ1n) is 4.32. The number of hydrogen-bond donors (Lipinski definition) is 0. The number of rotatable bonds is 3. The Morgan fingerprint density at radius 2 is 2.00 bits per heavy atom. The van der Waals surface area contributed by atoms with Crippen LogP contribution in [0.15, 0.2) is 6.07 Å². The van der Waals surface area contributed by atoms with Crippen LogP contribution in [-0.2, 0) is 0 Å². The molecule has 0 N–H and O–H groups in total. The van der Waals surface area contributed by atoms with Gasteiger partial charge < -0.3 is 4.74 Å². The molecule has 0 saturated heterocycles. The smallest absolute Gasteiger partial charge is 0.180 e. The fraction of sp³-hybridized carbons (Fsp3) is 0.300. The van der Waals surface area contributed by atoms with Crippen molar-refractivity contribution in [3.8, 4) is 11.8 Å². The molecule has 1 rings (SSSR count). The lowest BCUT2D eigenvalue weighted by Crippen LogP contribution is -2.03. The van der Waals surface area contributed by atoms with Crippen molar-refractivity contribution in [3.05, 3.63) is 29.1 Å². The van der Waals surface area contributed by atoms with Crippen molar-refractivity contribution in [3.63, 3.8) is 0 Å². The molecule has 1 aromatic rings. The monoisotopic (exact) mass is 215 g/mol. The van der Waals surface area contributed by atoms with Gasteiger partial charge in [-0.15, -0.1) is 0 Å². The van der Waals surface area contributed by atoms with Crippen LogP contribution in [0.3, 0.4) is 0 Å². The molecule has 0 unspecified atom stereocenters. The van der Waals surface area contributed by atoms with Crippen LogP contribution in [0.1, 0.15) is 18.9 Å². The van der Waals surface area contributed by atoms with E-state index >= 15 is 0 Å². The van der Waals surface area contributed by atoms with Crippen molar-refractivity contribution in [2.24, 2.45) is 0 Å². The van der Waals surface area contributed by atoms with E-state index in [4.69, 9.17) is 10.00 Å². The van der Waals surface area contributed by atoms with E-state index in [1.807, 2.05) is 0 Å². The first kappa shape index (κ1) is 11.4. The van der Waals surface area contributed by atoms with Crippen LogP contribution in [0, 0.1) is 28.8 Å². The van der Waals surface area contributed by atoms with Gasteiger partial charge in [-0.1, -0.05) is 6.92 Å². The molecule has 0 fully saturated rings. The van der Waals surface area contributed by atoms with E-state index < -0.39 is 28.8 Å². The SMILES string of the molecule is CCCOc1c(F)cc(F)c(F)c1C#N. The Kier molecular flexibility index (Phi) is 3.56. The van der Waals surface area contributed by atoms with Gasteiger partial charge in [0.25, 0.3) is 0 Å². The van der Waals surface area contributed by atoms with Gasteiger partial charge in [0.1, 0.15) is 11.6 Å². The lowest BCUT2D eigenvalue weighted by Gasteiger charge is -2.08. The number of benzene rings is 1. The van der Waals surface area contributed by atoms with Crippen LogP contribution >= 0.6 is 0 Å². The van der Waals surface area contributed by atoms with Crippen LogP contribution in [0.4, 0.5) is 13.2 Å². The molecule has 0 saturated carbocycles. The van der Waals surface area contributed by atoms with E-state index in [-0.39, 0.29) is 6.61 Å². The van der Waals surface area contributed by atoms with Crippen molar-refractivity contribution in [1.29, 1.82) is 5.26 Å². The van der Waals surface area contributed by atoms with Gasteiger partial charge in [0.15, 0.2) is 23.2 Å². The fourth-order valence-electron chi connectivity index (χ4n) is 1.02. The summed E-state index contributed by atoms with van der Waals surface area (Å²) in [4.78, 5) is 0. The highest BCUT2D eigenvalue weighted by atomic mass is 19.2. The molecular formula is C10H8F3NO. The predicted octanol–water partition coefficient (Wildman–Crippen LogP) is 2.76. The molecule has 0 atom stereocenters. The number of ether oxygens (including phenoxy) is 1. The second-order valence-corrected chi connectivity index (χ2v) is 2.82. The standard InChI is InChI=1S/C10H8F3NO/c1-2-3-15-10-6(5-14)9(13)7(11)4-8(10)12/h4H,2-3H2,1H3. The molecule has 0 radical (unpaired) electrons. The van der Waals surface area contributed by atoms with E-state index in [1.165, 1.54) is 6.07 Å². The maximum absolute atomic E-state index is 13.1. The van der Waals surface area contributed by atoms with Crippen LogP contribution in [-0.4, -0.2) is 6.61 Å². The van der Waals surface area contributed by atoms with Crippen molar-refractivity contribution < 1.29 is 17.9 Å². The Balaban J connectivity index is 3.24. The molecule has 0 amide bonds. The molecule has 0 spiro atoms. The molecule has 0 aromatic heterocycles. The van der Waals surface area contributed by atoms with Gasteiger partial charge >= 0.3 is 0 Å². The van der Waals surface area contributed by atoms with Gasteiger partial charge in [-0.05, 0) is 6.42 Å². The van der Waals surface area contributed by atoms with Crippen molar-refractivity contribution in [2.75, 3.05) is 6.61 Å². The van der Waals surface area contributed by atoms with Gasteiger partial charge in [0.2, 0.25) is 0 Å². The average molecular weight is 215 g/mol. The highest BCUT2D eigenvalue weighted by Gasteiger charge is 2.19. The van der Waals surface area contributed by atoms with Gasteiger partial charge in [-0.3, -0.25) is 0 Å². The third-order valence-corrected chi connectivity index (χ3v) is 1.69. The zero-order valence-electron chi connectivity index (χ0n) is 7.98. The number of nitriles is 1. The molecule has 0 aliphatic heterocycles. The molecule has 0 aliphatic carbocycles. The minimum atomic E-state index is -1.40. The maximum Gasteiger partial charge on any atom is 0.180 e. The van der Waals surface area contributed by atoms with E-state index in [1.54, 1.807) is 6.92 Å². The van der Waals surface area contributed by atoms with Gasteiger partial charge in [0, 0.05) is 6.07 Å². The van der Waals surface area contributed by atoms with Crippen LogP contribution < -0.4 is 4.74 Å². The Morgan fingerprint density at radius 3 is 2.53 bits per heavy atom. The summed E-state index contributed by atoms with van der Waals surface area (Å²) >= 11 is 0. The summed E-state index contributed by atoms with van der Waals surface area (Å²) in [5, 5.41) is 8.54. The van der Waals surface area contributed by atoms with Crippen LogP contribution in [0.2, 0.25) is 0 Å². The van der Waals surface area contributed by atoms with Gasteiger partial charge in [-0.25, -0.2) is 13.2 Å². The molecule has 1 aromatic carbocycles. The fourth-order valence-corrected chi connectivity index (χ4v) is 1.02. The maximum atomic E-state index is 13.1. The minimum absolute atomic E-state index is 0.136. The van der Waals surface area contributed by atoms with Crippen LogP contribution in [0.5, 0.6) is 5.75 Å². The normalized spacial score (nSPS) is 9.80. The summed E-state index contributed by atoms with van der Waals surface area (Å²) in [5.74, 6) is -4.38. The van der Waals surface area contributed by atoms with E-state index in [9.17, 15) is 13.2 Å². The molecule has 2 nitrogen and oxygen atoms in total. The summed E-state index contributed by atoms with van der Waals surface area (Å²) in [5.41, 5.74) is -0.735. The Labute approximate surface area is 84.9 Å². The quantitative estimate of drug-likeness (QED) is 0.726. The number of nitrogens with zero attached hydrogens (tertiary/aromatic N) is 1. The zero-order chi connectivity index (χ0) is 11.4. The summed E-state index contributed by atoms with van der Waals surface area (Å²) in [6.45, 7) is 1.90. The molecule has 0 bridgehead atoms. The molecule has 0 heterocycles. The van der Waals surface area contributed by atoms with Crippen molar-refractivity contribution in [1.82, 2.24) is 0 Å². The Bertz CT molecular complexity index is 412. The Morgan fingerprint density at radius 1 is 1.33 bits per heavy atom. The average Bonchev–Trinajstić information content (AvgIpc) is 2.21. The van der Waals surface area contributed by atoms with E-state index in [0.717, 1.165) is 0 Å². The molecule has 80 valence electrons. The second-order valence-electron chi connectivity index (χ2n) is 2.82. The first-order valence-corrected chi connectivity index (χ1v) is 4.32. The summed E-state index contributed by atoms with van der Waals surface area (Å²) in [7, 11) is 0. The van der Waals surface area contributed by atoms with Crippen molar-refractivity contribution >= 4 is 0 Å². The highest BCUT2D eigenvalue weighted by Crippen LogP contribution is 2.26. The minimum Gasteiger partial charge on any atom is -0.489 e. The number of halogens is 3. The highest BCUT2D eigenvalue weighted by molar-refractivity contribution is 5.45. The van der Waals surface area contributed by atoms with Crippen molar-refractivity contribution in [2.45, 2.75) is 13.3 Å². The summed E-state index contributed by atoms with van der Waals surface area (Å²) in [6.07, 6.45) is 0.573. The molecule has 5 heteroatoms. The third kappa shape index (κ3) is 2.21. The number of hydrogen-bond acceptors (Lipinski definition) is 2. The first-order chi connectivity index (χ1) is 7.11. The van der Waals surface area contributed by atoms with Gasteiger partial charge in [0.05, 0.1) is 6.61 Å². The third-order valence-electron chi connectivity index (χ3n) is 1.69. The van der Waals surface area contributed by atoms with Crippen LogP contribution in [0.25, 0.3) is 0 Å². The second kappa shape index (κ2) is 4.69. The van der Waals surface area contributed by atoms with E-state index in [2.05, 4.69) is 0 Å². The summed E-state index contributed by atoms with van der Waals surface area (Å²) in [6, 6.07) is 1.74. The Hall–Kier alpha value is -1.70. The summed E-state index contributed by atoms with van der Waals surface area (Å²) < 4.78 is 43.7. The topological polar surface area (TPSA) is 33.0 Å². The molecule has 15 heavy (non-hydrogen) atoms. The van der Waals surface area contributed by atoms with E-state index in [0.29, 0.717) is 12.5 Å². The largest absolute Gasteiger partial charge is 0.489 e. The lowest BCUT2D eigenvalue weighted by molar-refractivity contribution is 0.296.